The fourth-order valence-electron chi connectivity index (χ4n) is 2.48. The van der Waals surface area contributed by atoms with Crippen LogP contribution in [0.4, 0.5) is 0 Å². The zero-order valence-corrected chi connectivity index (χ0v) is 15.3. The van der Waals surface area contributed by atoms with Crippen LogP contribution in [0.1, 0.15) is 41.3 Å². The van der Waals surface area contributed by atoms with E-state index in [4.69, 9.17) is 0 Å². The second kappa shape index (κ2) is 8.29. The Morgan fingerprint density at radius 3 is 2.61 bits per heavy atom. The molecule has 2 rings (SSSR count). The minimum atomic E-state index is -0.00143. The van der Waals surface area contributed by atoms with E-state index >= 15 is 0 Å². The topological polar surface area (TPSA) is 69.6 Å². The summed E-state index contributed by atoms with van der Waals surface area (Å²) in [7, 11) is 3.49. The van der Waals surface area contributed by atoms with Crippen LogP contribution in [-0.4, -0.2) is 48.4 Å². The molecule has 0 unspecified atom stereocenters. The largest absolute Gasteiger partial charge is 0.354 e. The van der Waals surface area contributed by atoms with Crippen molar-refractivity contribution in [2.24, 2.45) is 4.99 Å². The number of aliphatic imine (C=N–C) groups is 1. The van der Waals surface area contributed by atoms with Gasteiger partial charge in [-0.25, -0.2) is 9.98 Å². The van der Waals surface area contributed by atoms with Crippen molar-refractivity contribution in [2.45, 2.75) is 52.1 Å². The molecule has 7 heteroatoms. The maximum Gasteiger partial charge on any atom is 0.243 e. The SMILES string of the molecule is Cc1nc(CNC(=NCC(=O)N(C)C)NC2CCCC2)sc1C. The number of aromatic nitrogens is 1. The molecule has 1 aliphatic carbocycles. The minimum Gasteiger partial charge on any atom is -0.354 e. The standard InChI is InChI=1S/C16H27N5OS/c1-11-12(2)23-14(19-11)9-17-16(18-10-15(22)21(3)4)20-13-7-5-6-8-13/h13H,5-10H2,1-4H3,(H2,17,18,20). The highest BCUT2D eigenvalue weighted by Gasteiger charge is 2.16. The summed E-state index contributed by atoms with van der Waals surface area (Å²) < 4.78 is 0. The van der Waals surface area contributed by atoms with Crippen molar-refractivity contribution >= 4 is 23.2 Å². The van der Waals surface area contributed by atoms with Crippen LogP contribution in [0.2, 0.25) is 0 Å². The predicted molar refractivity (Wildman–Crippen MR) is 94.8 cm³/mol. The number of likely N-dealkylation sites (N-methyl/N-ethyl adjacent to an activating group) is 1. The van der Waals surface area contributed by atoms with Crippen molar-refractivity contribution in [1.29, 1.82) is 0 Å². The van der Waals surface area contributed by atoms with Gasteiger partial charge in [0.2, 0.25) is 5.91 Å². The summed E-state index contributed by atoms with van der Waals surface area (Å²) in [6.07, 6.45) is 4.84. The van der Waals surface area contributed by atoms with Crippen molar-refractivity contribution in [2.75, 3.05) is 20.6 Å². The van der Waals surface area contributed by atoms with Gasteiger partial charge >= 0.3 is 0 Å². The van der Waals surface area contributed by atoms with E-state index in [1.807, 2.05) is 6.92 Å². The monoisotopic (exact) mass is 337 g/mol. The molecule has 1 aromatic rings. The van der Waals surface area contributed by atoms with Crippen molar-refractivity contribution in [3.63, 3.8) is 0 Å². The molecule has 0 saturated heterocycles. The number of hydrogen-bond acceptors (Lipinski definition) is 4. The van der Waals surface area contributed by atoms with Gasteiger partial charge in [-0.05, 0) is 26.7 Å². The van der Waals surface area contributed by atoms with Gasteiger partial charge < -0.3 is 15.5 Å². The first-order chi connectivity index (χ1) is 11.0. The normalized spacial score (nSPS) is 15.7. The Bertz CT molecular complexity index is 541. The van der Waals surface area contributed by atoms with E-state index in [0.29, 0.717) is 18.5 Å². The number of thiazole rings is 1. The lowest BCUT2D eigenvalue weighted by atomic mass is 10.2. The molecule has 1 heterocycles. The summed E-state index contributed by atoms with van der Waals surface area (Å²) in [4.78, 5) is 23.5. The number of nitrogens with zero attached hydrogens (tertiary/aromatic N) is 3. The van der Waals surface area contributed by atoms with E-state index < -0.39 is 0 Å². The molecule has 1 saturated carbocycles. The number of nitrogens with one attached hydrogen (secondary N) is 2. The molecule has 0 spiro atoms. The minimum absolute atomic E-state index is 0.00143. The van der Waals surface area contributed by atoms with Crippen LogP contribution in [0, 0.1) is 13.8 Å². The number of guanidine groups is 1. The van der Waals surface area contributed by atoms with Gasteiger partial charge in [-0.2, -0.15) is 0 Å². The summed E-state index contributed by atoms with van der Waals surface area (Å²) in [5.41, 5.74) is 1.08. The third kappa shape index (κ3) is 5.49. The van der Waals surface area contributed by atoms with E-state index in [-0.39, 0.29) is 12.5 Å². The number of aryl methyl sites for hydroxylation is 2. The Balaban J connectivity index is 1.96. The molecule has 1 fully saturated rings. The molecule has 2 N–H and O–H groups in total. The Kier molecular flexibility index (Phi) is 6.38. The van der Waals surface area contributed by atoms with E-state index in [0.717, 1.165) is 23.5 Å². The average molecular weight is 337 g/mol. The number of hydrogen-bond donors (Lipinski definition) is 2. The molecule has 1 aliphatic rings. The van der Waals surface area contributed by atoms with Gasteiger partial charge in [-0.15, -0.1) is 11.3 Å². The maximum absolute atomic E-state index is 11.8. The van der Waals surface area contributed by atoms with Gasteiger partial charge in [0.1, 0.15) is 11.6 Å². The van der Waals surface area contributed by atoms with Gasteiger partial charge in [-0.1, -0.05) is 12.8 Å². The van der Waals surface area contributed by atoms with Gasteiger partial charge in [-0.3, -0.25) is 4.79 Å². The summed E-state index contributed by atoms with van der Waals surface area (Å²) >= 11 is 1.70. The molecule has 1 aromatic heterocycles. The third-order valence-electron chi connectivity index (χ3n) is 4.05. The molecule has 0 radical (unpaired) electrons. The lowest BCUT2D eigenvalue weighted by Crippen LogP contribution is -2.42. The molecule has 6 nitrogen and oxygen atoms in total. The molecular weight excluding hydrogens is 310 g/mol. The van der Waals surface area contributed by atoms with Gasteiger partial charge in [0, 0.05) is 25.0 Å². The van der Waals surface area contributed by atoms with Crippen molar-refractivity contribution < 1.29 is 4.79 Å². The Morgan fingerprint density at radius 2 is 2.04 bits per heavy atom. The van der Waals surface area contributed by atoms with Crippen LogP contribution in [0.25, 0.3) is 0 Å². The first-order valence-corrected chi connectivity index (χ1v) is 8.95. The van der Waals surface area contributed by atoms with Crippen LogP contribution in [-0.2, 0) is 11.3 Å². The summed E-state index contributed by atoms with van der Waals surface area (Å²) in [6.45, 7) is 4.90. The predicted octanol–water partition coefficient (Wildman–Crippen LogP) is 1.83. The zero-order chi connectivity index (χ0) is 16.8. The molecule has 23 heavy (non-hydrogen) atoms. The smallest absolute Gasteiger partial charge is 0.243 e. The van der Waals surface area contributed by atoms with Gasteiger partial charge in [0.05, 0.1) is 12.2 Å². The summed E-state index contributed by atoms with van der Waals surface area (Å²) in [5.74, 6) is 0.705. The number of amides is 1. The van der Waals surface area contributed by atoms with Gasteiger partial charge in [0.25, 0.3) is 0 Å². The second-order valence-electron chi connectivity index (χ2n) is 6.18. The summed E-state index contributed by atoms with van der Waals surface area (Å²) in [5, 5.41) is 7.80. The average Bonchev–Trinajstić information content (AvgIpc) is 3.12. The fraction of sp³-hybridized carbons (Fsp3) is 0.688. The molecular formula is C16H27N5OS. The van der Waals surface area contributed by atoms with Crippen LogP contribution in [0.5, 0.6) is 0 Å². The van der Waals surface area contributed by atoms with Crippen LogP contribution >= 0.6 is 11.3 Å². The van der Waals surface area contributed by atoms with Gasteiger partial charge in [0.15, 0.2) is 5.96 Å². The quantitative estimate of drug-likeness (QED) is 0.635. The molecule has 1 amide bonds. The van der Waals surface area contributed by atoms with Crippen molar-refractivity contribution in [3.8, 4) is 0 Å². The molecule has 0 aliphatic heterocycles. The highest BCUT2D eigenvalue weighted by molar-refractivity contribution is 7.11. The maximum atomic E-state index is 11.8. The Hall–Kier alpha value is -1.63. The first-order valence-electron chi connectivity index (χ1n) is 8.13. The number of rotatable bonds is 5. The molecule has 0 bridgehead atoms. The van der Waals surface area contributed by atoms with E-state index in [2.05, 4.69) is 27.5 Å². The zero-order valence-electron chi connectivity index (χ0n) is 14.5. The lowest BCUT2D eigenvalue weighted by molar-refractivity contribution is -0.127. The number of carbonyl (C=O) groups excluding carboxylic acids is 1. The van der Waals surface area contributed by atoms with Crippen LogP contribution in [0.3, 0.4) is 0 Å². The second-order valence-corrected chi connectivity index (χ2v) is 7.47. The third-order valence-corrected chi connectivity index (χ3v) is 5.12. The van der Waals surface area contributed by atoms with E-state index in [1.54, 1.807) is 30.3 Å². The van der Waals surface area contributed by atoms with Crippen molar-refractivity contribution in [3.05, 3.63) is 15.6 Å². The molecule has 128 valence electrons. The molecule has 0 aromatic carbocycles. The summed E-state index contributed by atoms with van der Waals surface area (Å²) in [6, 6.07) is 0.454. The number of carbonyl (C=O) groups is 1. The Morgan fingerprint density at radius 1 is 1.35 bits per heavy atom. The highest BCUT2D eigenvalue weighted by atomic mass is 32.1. The van der Waals surface area contributed by atoms with E-state index in [1.165, 1.54) is 17.7 Å². The lowest BCUT2D eigenvalue weighted by Gasteiger charge is -2.17. The van der Waals surface area contributed by atoms with Crippen LogP contribution < -0.4 is 10.6 Å². The Labute approximate surface area is 142 Å². The first kappa shape index (κ1) is 17.7. The highest BCUT2D eigenvalue weighted by Crippen LogP contribution is 2.18. The fourth-order valence-corrected chi connectivity index (χ4v) is 3.35. The molecule has 0 atom stereocenters. The van der Waals surface area contributed by atoms with Crippen molar-refractivity contribution in [1.82, 2.24) is 20.5 Å². The van der Waals surface area contributed by atoms with E-state index in [9.17, 15) is 4.79 Å². The van der Waals surface area contributed by atoms with Crippen LogP contribution in [0.15, 0.2) is 4.99 Å².